The highest BCUT2D eigenvalue weighted by molar-refractivity contribution is 6.05. The van der Waals surface area contributed by atoms with E-state index in [1.807, 2.05) is 77.6 Å². The number of nitrogens with zero attached hydrogens (tertiary/aromatic N) is 5. The van der Waals surface area contributed by atoms with Gasteiger partial charge in [0, 0.05) is 12.1 Å². The van der Waals surface area contributed by atoms with Gasteiger partial charge in [-0.2, -0.15) is 0 Å². The van der Waals surface area contributed by atoms with Crippen LogP contribution in [0.15, 0.2) is 77.6 Å². The third kappa shape index (κ3) is 3.40. The van der Waals surface area contributed by atoms with Crippen LogP contribution in [0.3, 0.4) is 0 Å². The molecule has 6 heteroatoms. The van der Waals surface area contributed by atoms with Crippen LogP contribution >= 0.6 is 0 Å². The number of fused-ring (bicyclic) bond motifs is 4. The van der Waals surface area contributed by atoms with E-state index < -0.39 is 0 Å². The Morgan fingerprint density at radius 1 is 0.806 bits per heavy atom. The Bertz CT molecular complexity index is 1810. The summed E-state index contributed by atoms with van der Waals surface area (Å²) in [5.41, 5.74) is 7.53. The fraction of sp³-hybridized carbons (Fsp3) is 0.200. The summed E-state index contributed by atoms with van der Waals surface area (Å²) in [6.45, 7) is 8.24. The van der Waals surface area contributed by atoms with Crippen LogP contribution < -0.4 is 5.56 Å². The lowest BCUT2D eigenvalue weighted by Crippen LogP contribution is -2.28. The molecule has 3 aromatic heterocycles. The highest BCUT2D eigenvalue weighted by Crippen LogP contribution is 2.30. The SMILES string of the molecule is CCc1nc2c(c(=O)n1C(C)c1ccccc1)c1nc3ccccc3nc1n2-c1cc(C)cc(C)c1. The van der Waals surface area contributed by atoms with E-state index in [9.17, 15) is 4.79 Å². The van der Waals surface area contributed by atoms with Gasteiger partial charge in [-0.05, 0) is 61.7 Å². The molecule has 3 heterocycles. The van der Waals surface area contributed by atoms with E-state index in [0.29, 0.717) is 28.6 Å². The topological polar surface area (TPSA) is 65.6 Å². The fourth-order valence-corrected chi connectivity index (χ4v) is 5.20. The zero-order valence-corrected chi connectivity index (χ0v) is 20.9. The molecule has 0 N–H and O–H groups in total. The molecular formula is C30H27N5O. The van der Waals surface area contributed by atoms with Crippen LogP contribution in [0.1, 0.15) is 42.4 Å². The van der Waals surface area contributed by atoms with Crippen molar-refractivity contribution in [2.45, 2.75) is 40.2 Å². The molecule has 0 saturated heterocycles. The van der Waals surface area contributed by atoms with Crippen molar-refractivity contribution in [3.05, 3.63) is 106 Å². The summed E-state index contributed by atoms with van der Waals surface area (Å²) in [7, 11) is 0. The zero-order valence-electron chi connectivity index (χ0n) is 20.9. The molecule has 6 nitrogen and oxygen atoms in total. The third-order valence-electron chi connectivity index (χ3n) is 6.83. The van der Waals surface area contributed by atoms with Gasteiger partial charge in [-0.25, -0.2) is 15.0 Å². The Balaban J connectivity index is 1.79. The summed E-state index contributed by atoms with van der Waals surface area (Å²) in [6, 6.07) is 24.0. The van der Waals surface area contributed by atoms with E-state index in [2.05, 4.69) is 32.0 Å². The molecule has 0 saturated carbocycles. The first-order valence-electron chi connectivity index (χ1n) is 12.3. The number of hydrogen-bond acceptors (Lipinski definition) is 4. The van der Waals surface area contributed by atoms with E-state index >= 15 is 0 Å². The summed E-state index contributed by atoms with van der Waals surface area (Å²) in [5, 5.41) is 0.502. The first-order valence-corrected chi connectivity index (χ1v) is 12.3. The Labute approximate surface area is 208 Å². The minimum Gasteiger partial charge on any atom is -0.289 e. The molecule has 0 fully saturated rings. The molecule has 6 aromatic rings. The van der Waals surface area contributed by atoms with Crippen LogP contribution in [0.5, 0.6) is 0 Å². The largest absolute Gasteiger partial charge is 0.289 e. The van der Waals surface area contributed by atoms with Crippen molar-refractivity contribution in [2.75, 3.05) is 0 Å². The van der Waals surface area contributed by atoms with E-state index in [-0.39, 0.29) is 11.6 Å². The second-order valence-corrected chi connectivity index (χ2v) is 9.41. The number of aryl methyl sites for hydroxylation is 3. The summed E-state index contributed by atoms with van der Waals surface area (Å²) in [6.07, 6.45) is 0.625. The van der Waals surface area contributed by atoms with Crippen LogP contribution in [-0.4, -0.2) is 24.1 Å². The van der Waals surface area contributed by atoms with E-state index in [4.69, 9.17) is 15.0 Å². The molecule has 0 amide bonds. The highest BCUT2D eigenvalue weighted by atomic mass is 16.1. The fourth-order valence-electron chi connectivity index (χ4n) is 5.20. The van der Waals surface area contributed by atoms with Crippen molar-refractivity contribution < 1.29 is 0 Å². The molecule has 178 valence electrons. The summed E-state index contributed by atoms with van der Waals surface area (Å²) in [5.74, 6) is 0.738. The van der Waals surface area contributed by atoms with E-state index in [1.54, 1.807) is 0 Å². The maximum absolute atomic E-state index is 14.3. The molecule has 0 radical (unpaired) electrons. The molecule has 3 aromatic carbocycles. The van der Waals surface area contributed by atoms with Gasteiger partial charge in [0.1, 0.15) is 16.7 Å². The van der Waals surface area contributed by atoms with Gasteiger partial charge in [0.05, 0.1) is 17.1 Å². The molecule has 0 bridgehead atoms. The van der Waals surface area contributed by atoms with Gasteiger partial charge in [-0.3, -0.25) is 13.9 Å². The van der Waals surface area contributed by atoms with Crippen molar-refractivity contribution in [1.82, 2.24) is 24.1 Å². The maximum atomic E-state index is 14.3. The standard InChI is InChI=1S/C30H27N5O/c1-5-25-33-28-26(30(36)34(25)20(4)21-11-7-6-8-12-21)27-29(32-24-14-10-9-13-23(24)31-27)35(28)22-16-18(2)15-19(3)17-22/h6-17,20H,5H2,1-4H3. The van der Waals surface area contributed by atoms with Crippen LogP contribution in [-0.2, 0) is 6.42 Å². The summed E-state index contributed by atoms with van der Waals surface area (Å²) >= 11 is 0. The monoisotopic (exact) mass is 473 g/mol. The van der Waals surface area contributed by atoms with Crippen LogP contribution in [0.25, 0.3) is 38.9 Å². The van der Waals surface area contributed by atoms with Crippen LogP contribution in [0.4, 0.5) is 0 Å². The predicted molar refractivity (Wildman–Crippen MR) is 145 cm³/mol. The first kappa shape index (κ1) is 22.2. The van der Waals surface area contributed by atoms with Crippen LogP contribution in [0.2, 0.25) is 0 Å². The average molecular weight is 474 g/mol. The van der Waals surface area contributed by atoms with Crippen molar-refractivity contribution >= 4 is 33.2 Å². The van der Waals surface area contributed by atoms with Gasteiger partial charge in [0.15, 0.2) is 11.3 Å². The van der Waals surface area contributed by atoms with Crippen molar-refractivity contribution in [1.29, 1.82) is 0 Å². The maximum Gasteiger partial charge on any atom is 0.265 e. The lowest BCUT2D eigenvalue weighted by Gasteiger charge is -2.19. The Morgan fingerprint density at radius 2 is 1.44 bits per heavy atom. The summed E-state index contributed by atoms with van der Waals surface area (Å²) in [4.78, 5) is 29.3. The van der Waals surface area contributed by atoms with Crippen molar-refractivity contribution in [3.63, 3.8) is 0 Å². The highest BCUT2D eigenvalue weighted by Gasteiger charge is 2.25. The zero-order chi connectivity index (χ0) is 25.0. The number of rotatable bonds is 4. The molecule has 6 rings (SSSR count). The number of benzene rings is 3. The molecule has 36 heavy (non-hydrogen) atoms. The predicted octanol–water partition coefficient (Wildman–Crippen LogP) is 6.07. The smallest absolute Gasteiger partial charge is 0.265 e. The summed E-state index contributed by atoms with van der Waals surface area (Å²) < 4.78 is 3.82. The molecule has 0 spiro atoms. The van der Waals surface area contributed by atoms with Gasteiger partial charge in [0.2, 0.25) is 0 Å². The van der Waals surface area contributed by atoms with Crippen molar-refractivity contribution in [2.24, 2.45) is 0 Å². The normalized spacial score (nSPS) is 12.6. The second-order valence-electron chi connectivity index (χ2n) is 9.41. The first-order chi connectivity index (χ1) is 17.5. The number of para-hydroxylation sites is 2. The number of aromatic nitrogens is 5. The quantitative estimate of drug-likeness (QED) is 0.312. The molecule has 1 atom stereocenters. The molecule has 0 aliphatic rings. The third-order valence-corrected chi connectivity index (χ3v) is 6.83. The minimum atomic E-state index is -0.168. The van der Waals surface area contributed by atoms with Gasteiger partial charge >= 0.3 is 0 Å². The van der Waals surface area contributed by atoms with Crippen LogP contribution in [0, 0.1) is 13.8 Å². The van der Waals surface area contributed by atoms with E-state index in [1.165, 1.54) is 0 Å². The lowest BCUT2D eigenvalue weighted by atomic mass is 10.1. The van der Waals surface area contributed by atoms with Gasteiger partial charge in [-0.15, -0.1) is 0 Å². The van der Waals surface area contributed by atoms with Gasteiger partial charge < -0.3 is 0 Å². The minimum absolute atomic E-state index is 0.0918. The lowest BCUT2D eigenvalue weighted by molar-refractivity contribution is 0.574. The van der Waals surface area contributed by atoms with Gasteiger partial charge in [-0.1, -0.05) is 55.5 Å². The van der Waals surface area contributed by atoms with Crippen molar-refractivity contribution in [3.8, 4) is 5.69 Å². The Morgan fingerprint density at radius 3 is 2.11 bits per heavy atom. The number of hydrogen-bond donors (Lipinski definition) is 0. The molecule has 1 unspecified atom stereocenters. The Hall–Kier alpha value is -4.32. The Kier molecular flexibility index (Phi) is 5.18. The second kappa shape index (κ2) is 8.41. The average Bonchev–Trinajstić information content (AvgIpc) is 3.20. The molecule has 0 aliphatic carbocycles. The van der Waals surface area contributed by atoms with E-state index in [0.717, 1.165) is 39.2 Å². The molecular weight excluding hydrogens is 446 g/mol. The molecule has 0 aliphatic heterocycles. The van der Waals surface area contributed by atoms with Gasteiger partial charge in [0.25, 0.3) is 5.56 Å².